The molecule has 0 fully saturated rings. The van der Waals surface area contributed by atoms with Crippen molar-refractivity contribution in [3.63, 3.8) is 0 Å². The lowest BCUT2D eigenvalue weighted by Gasteiger charge is -2.20. The van der Waals surface area contributed by atoms with Gasteiger partial charge in [-0.15, -0.1) is 0 Å². The van der Waals surface area contributed by atoms with E-state index in [1.54, 1.807) is 19.2 Å². The Morgan fingerprint density at radius 1 is 1.38 bits per heavy atom. The van der Waals surface area contributed by atoms with Crippen molar-refractivity contribution in [2.75, 3.05) is 13.6 Å². The highest BCUT2D eigenvalue weighted by atomic mass is 19.4. The van der Waals surface area contributed by atoms with Crippen molar-refractivity contribution in [3.05, 3.63) is 60.2 Å². The highest BCUT2D eigenvalue weighted by Gasteiger charge is 2.35. The molecule has 9 nitrogen and oxygen atoms in total. The molecule has 2 aromatic heterocycles. The van der Waals surface area contributed by atoms with Crippen molar-refractivity contribution < 1.29 is 27.9 Å². The summed E-state index contributed by atoms with van der Waals surface area (Å²) in [6.07, 6.45) is -1.99. The van der Waals surface area contributed by atoms with Gasteiger partial charge in [0.2, 0.25) is 12.2 Å². The third-order valence-electron chi connectivity index (χ3n) is 4.79. The fraction of sp³-hybridized carbons (Fsp3) is 0.227. The van der Waals surface area contributed by atoms with Crippen molar-refractivity contribution in [3.8, 4) is 17.5 Å². The number of aliphatic hydroxyl groups is 1. The second-order valence-electron chi connectivity index (χ2n) is 7.32. The topological polar surface area (TPSA) is 127 Å². The van der Waals surface area contributed by atoms with Crippen LogP contribution >= 0.6 is 0 Å². The van der Waals surface area contributed by atoms with Crippen molar-refractivity contribution in [2.24, 2.45) is 5.73 Å². The zero-order valence-corrected chi connectivity index (χ0v) is 17.9. The first kappa shape index (κ1) is 24.4. The van der Waals surface area contributed by atoms with E-state index in [2.05, 4.69) is 33.5 Å². The van der Waals surface area contributed by atoms with Crippen LogP contribution in [-0.4, -0.2) is 61.3 Å². The van der Waals surface area contributed by atoms with Crippen molar-refractivity contribution in [1.82, 2.24) is 24.6 Å². The average Bonchev–Trinajstić information content (AvgIpc) is 3.20. The monoisotopic (exact) mass is 472 g/mol. The van der Waals surface area contributed by atoms with Crippen LogP contribution in [0.15, 0.2) is 43.1 Å². The molecular formula is C22H19F3N6O3. The van der Waals surface area contributed by atoms with Gasteiger partial charge in [-0.3, -0.25) is 9.59 Å². The molecule has 3 rings (SSSR count). The van der Waals surface area contributed by atoms with E-state index in [9.17, 15) is 27.9 Å². The van der Waals surface area contributed by atoms with E-state index < -0.39 is 23.5 Å². The Balaban J connectivity index is 2.06. The number of aromatic nitrogens is 4. The minimum atomic E-state index is -4.81. The fourth-order valence-corrected chi connectivity index (χ4v) is 2.91. The molecule has 0 unspecified atom stereocenters. The first-order valence-electron chi connectivity index (χ1n) is 9.75. The van der Waals surface area contributed by atoms with E-state index in [4.69, 9.17) is 5.73 Å². The van der Waals surface area contributed by atoms with Crippen molar-refractivity contribution in [2.45, 2.75) is 18.2 Å². The summed E-state index contributed by atoms with van der Waals surface area (Å²) < 4.78 is 40.5. The van der Waals surface area contributed by atoms with Gasteiger partial charge in [-0.25, -0.2) is 14.6 Å². The number of halogens is 3. The first-order chi connectivity index (χ1) is 16.0. The van der Waals surface area contributed by atoms with Gasteiger partial charge in [-0.2, -0.15) is 18.3 Å². The van der Waals surface area contributed by atoms with Gasteiger partial charge in [0.05, 0.1) is 11.1 Å². The largest absolute Gasteiger partial charge is 0.451 e. The molecule has 0 saturated carbocycles. The summed E-state index contributed by atoms with van der Waals surface area (Å²) in [4.78, 5) is 30.7. The van der Waals surface area contributed by atoms with Gasteiger partial charge in [0.1, 0.15) is 5.60 Å². The molecule has 3 aromatic rings. The van der Waals surface area contributed by atoms with Gasteiger partial charge in [0.25, 0.3) is 5.91 Å². The number of rotatable bonds is 7. The van der Waals surface area contributed by atoms with Gasteiger partial charge in [-0.05, 0) is 24.3 Å². The number of nitrogens with zero attached hydrogens (tertiary/aromatic N) is 5. The minimum Gasteiger partial charge on any atom is -0.374 e. The van der Waals surface area contributed by atoms with Gasteiger partial charge in [-0.1, -0.05) is 24.5 Å². The number of amides is 2. The van der Waals surface area contributed by atoms with Crippen LogP contribution in [0.2, 0.25) is 0 Å². The van der Waals surface area contributed by atoms with Crippen molar-refractivity contribution in [1.29, 1.82) is 0 Å². The summed E-state index contributed by atoms with van der Waals surface area (Å²) in [5, 5.41) is 14.6. The third kappa shape index (κ3) is 5.21. The molecule has 0 aliphatic rings. The average molecular weight is 472 g/mol. The van der Waals surface area contributed by atoms with Crippen LogP contribution in [0.4, 0.5) is 13.2 Å². The number of nitrogens with two attached hydrogens (primary N) is 1. The SMILES string of the molecule is C=C[C@](O)(C#Cc1cccc(-n2nc(C(N)=O)c3cnc(C(F)(F)F)nc32)c1)CCN(C)C=O. The Morgan fingerprint density at radius 2 is 2.12 bits per heavy atom. The number of hydrogen-bond acceptors (Lipinski definition) is 6. The Bertz CT molecular complexity index is 1320. The lowest BCUT2D eigenvalue weighted by molar-refractivity contribution is -0.144. The predicted octanol–water partition coefficient (Wildman–Crippen LogP) is 1.68. The summed E-state index contributed by atoms with van der Waals surface area (Å²) in [6.45, 7) is 3.81. The maximum Gasteiger partial charge on any atom is 0.451 e. The van der Waals surface area contributed by atoms with E-state index in [0.29, 0.717) is 12.0 Å². The van der Waals surface area contributed by atoms with Crippen LogP contribution in [0.3, 0.4) is 0 Å². The molecule has 3 N–H and O–H groups in total. The summed E-state index contributed by atoms with van der Waals surface area (Å²) in [7, 11) is 1.55. The molecule has 0 bridgehead atoms. The Morgan fingerprint density at radius 3 is 2.74 bits per heavy atom. The molecule has 1 atom stereocenters. The number of fused-ring (bicyclic) bond motifs is 1. The zero-order valence-electron chi connectivity index (χ0n) is 17.9. The Hall–Kier alpha value is -4.24. The van der Waals surface area contributed by atoms with Gasteiger partial charge in [0.15, 0.2) is 11.3 Å². The number of primary amides is 1. The van der Waals surface area contributed by atoms with Gasteiger partial charge in [0, 0.05) is 31.8 Å². The predicted molar refractivity (Wildman–Crippen MR) is 116 cm³/mol. The number of benzene rings is 1. The van der Waals surface area contributed by atoms with E-state index in [1.165, 1.54) is 23.1 Å². The zero-order chi connectivity index (χ0) is 25.1. The number of hydrogen-bond donors (Lipinski definition) is 2. The molecule has 176 valence electrons. The van der Waals surface area contributed by atoms with Crippen molar-refractivity contribution >= 4 is 23.4 Å². The fourth-order valence-electron chi connectivity index (χ4n) is 2.91. The maximum atomic E-state index is 13.1. The number of carbonyl (C=O) groups is 2. The Kier molecular flexibility index (Phi) is 6.69. The summed E-state index contributed by atoms with van der Waals surface area (Å²) in [6, 6.07) is 6.18. The normalized spacial score (nSPS) is 13.0. The minimum absolute atomic E-state index is 0.0442. The molecule has 1 aromatic carbocycles. The van der Waals surface area contributed by atoms with Crippen LogP contribution in [-0.2, 0) is 11.0 Å². The second-order valence-corrected chi connectivity index (χ2v) is 7.32. The van der Waals surface area contributed by atoms with E-state index in [0.717, 1.165) is 10.9 Å². The Labute approximate surface area is 191 Å². The van der Waals surface area contributed by atoms with E-state index >= 15 is 0 Å². The third-order valence-corrected chi connectivity index (χ3v) is 4.79. The molecule has 2 heterocycles. The molecule has 34 heavy (non-hydrogen) atoms. The molecule has 0 aliphatic heterocycles. The molecule has 0 radical (unpaired) electrons. The summed E-state index contributed by atoms with van der Waals surface area (Å²) in [5.41, 5.74) is 3.81. The first-order valence-corrected chi connectivity index (χ1v) is 9.75. The second kappa shape index (κ2) is 9.32. The molecule has 0 saturated heterocycles. The summed E-state index contributed by atoms with van der Waals surface area (Å²) >= 11 is 0. The quantitative estimate of drug-likeness (QED) is 0.306. The van der Waals surface area contributed by atoms with Gasteiger partial charge >= 0.3 is 6.18 Å². The van der Waals surface area contributed by atoms with Crippen LogP contribution in [0, 0.1) is 11.8 Å². The van der Waals surface area contributed by atoms with Crippen LogP contribution in [0.25, 0.3) is 16.7 Å². The highest BCUT2D eigenvalue weighted by molar-refractivity contribution is 6.03. The molecule has 2 amide bonds. The maximum absolute atomic E-state index is 13.1. The number of alkyl halides is 3. The molecule has 0 aliphatic carbocycles. The smallest absolute Gasteiger partial charge is 0.374 e. The van der Waals surface area contributed by atoms with E-state index in [-0.39, 0.29) is 35.4 Å². The van der Waals surface area contributed by atoms with E-state index in [1.807, 2.05) is 0 Å². The summed E-state index contributed by atoms with van der Waals surface area (Å²) in [5.74, 6) is 3.10. The highest BCUT2D eigenvalue weighted by Crippen LogP contribution is 2.28. The molecular weight excluding hydrogens is 453 g/mol. The van der Waals surface area contributed by atoms with Crippen LogP contribution in [0.5, 0.6) is 0 Å². The molecule has 12 heteroatoms. The van der Waals surface area contributed by atoms with Gasteiger partial charge < -0.3 is 15.7 Å². The number of carbonyl (C=O) groups excluding carboxylic acids is 2. The van der Waals surface area contributed by atoms with Crippen LogP contribution < -0.4 is 5.73 Å². The lowest BCUT2D eigenvalue weighted by Crippen LogP contribution is -2.30. The lowest BCUT2D eigenvalue weighted by atomic mass is 10.00. The molecule has 0 spiro atoms. The van der Waals surface area contributed by atoms with Crippen LogP contribution in [0.1, 0.15) is 28.3 Å². The standard InChI is InChI=1S/C22H19F3N6O3/c1-3-21(34,9-10-30(2)13-32)8-7-14-5-4-6-15(11-14)31-19-16(17(29-31)18(26)33)12-27-20(28-19)22(23,24)25/h3-6,11-13,34H,1,9-10H2,2H3,(H2,26,33)/t21-/m0/s1.